The first-order valence-corrected chi connectivity index (χ1v) is 5.52. The predicted octanol–water partition coefficient (Wildman–Crippen LogP) is 0.503. The van der Waals surface area contributed by atoms with Crippen molar-refractivity contribution in [1.29, 1.82) is 0 Å². The highest BCUT2D eigenvalue weighted by Gasteiger charge is 2.08. The molecule has 1 amide bonds. The topological polar surface area (TPSA) is 44.4 Å². The second-order valence-electron chi connectivity index (χ2n) is 3.73. The summed E-state index contributed by atoms with van der Waals surface area (Å²) in [6.07, 6.45) is 5.48. The Balaban J connectivity index is 1.94. The van der Waals surface area contributed by atoms with Gasteiger partial charge in [-0.15, -0.1) is 0 Å². The van der Waals surface area contributed by atoms with Crippen molar-refractivity contribution >= 4 is 5.91 Å². The highest BCUT2D eigenvalue weighted by Crippen LogP contribution is 2.05. The summed E-state index contributed by atoms with van der Waals surface area (Å²) in [5.74, 6) is 0.130. The molecule has 0 spiro atoms. The van der Waals surface area contributed by atoms with E-state index in [0.717, 1.165) is 26.1 Å². The minimum absolute atomic E-state index is 0.130. The van der Waals surface area contributed by atoms with E-state index in [1.165, 1.54) is 19.3 Å². The maximum absolute atomic E-state index is 10.9. The molecular formula is C10H21N3O. The largest absolute Gasteiger partial charge is 0.359 e. The van der Waals surface area contributed by atoms with Gasteiger partial charge >= 0.3 is 0 Å². The molecule has 1 rings (SSSR count). The number of carbonyl (C=O) groups is 1. The summed E-state index contributed by atoms with van der Waals surface area (Å²) in [6, 6.07) is 0. The molecular weight excluding hydrogens is 178 g/mol. The molecule has 0 saturated carbocycles. The van der Waals surface area contributed by atoms with Gasteiger partial charge in [0.05, 0.1) is 0 Å². The van der Waals surface area contributed by atoms with Crippen molar-refractivity contribution < 1.29 is 4.79 Å². The molecule has 82 valence electrons. The lowest BCUT2D eigenvalue weighted by molar-refractivity contribution is -0.120. The van der Waals surface area contributed by atoms with Crippen LogP contribution in [0.15, 0.2) is 0 Å². The normalized spacial score (nSPS) is 18.1. The first-order valence-electron chi connectivity index (χ1n) is 5.52. The molecule has 4 nitrogen and oxygen atoms in total. The molecule has 0 radical (unpaired) electrons. The summed E-state index contributed by atoms with van der Waals surface area (Å²) in [7, 11) is 1.68. The fourth-order valence-electron chi connectivity index (χ4n) is 1.66. The summed E-state index contributed by atoms with van der Waals surface area (Å²) in [5, 5.41) is 4.89. The van der Waals surface area contributed by atoms with Gasteiger partial charge in [-0.3, -0.25) is 10.2 Å². The number of hydrazine groups is 1. The van der Waals surface area contributed by atoms with E-state index in [4.69, 9.17) is 0 Å². The summed E-state index contributed by atoms with van der Waals surface area (Å²) in [4.78, 5) is 10.9. The van der Waals surface area contributed by atoms with E-state index in [9.17, 15) is 4.79 Å². The molecule has 1 aliphatic heterocycles. The summed E-state index contributed by atoms with van der Waals surface area (Å²) in [5.41, 5.74) is 3.35. The lowest BCUT2D eigenvalue weighted by Gasteiger charge is -2.26. The van der Waals surface area contributed by atoms with Crippen LogP contribution < -0.4 is 10.7 Å². The molecule has 0 aromatic heterocycles. The second-order valence-corrected chi connectivity index (χ2v) is 3.73. The molecule has 14 heavy (non-hydrogen) atoms. The maximum atomic E-state index is 10.9. The fraction of sp³-hybridized carbons (Fsp3) is 0.900. The third-order valence-electron chi connectivity index (χ3n) is 2.55. The van der Waals surface area contributed by atoms with Crippen LogP contribution in [0.25, 0.3) is 0 Å². The minimum atomic E-state index is 0.130. The first kappa shape index (κ1) is 11.5. The third-order valence-corrected chi connectivity index (χ3v) is 2.55. The van der Waals surface area contributed by atoms with E-state index in [2.05, 4.69) is 15.8 Å². The van der Waals surface area contributed by atoms with Crippen LogP contribution in [0.1, 0.15) is 32.1 Å². The second kappa shape index (κ2) is 6.79. The van der Waals surface area contributed by atoms with Crippen LogP contribution in [0.5, 0.6) is 0 Å². The monoisotopic (exact) mass is 199 g/mol. The standard InChI is InChI=1S/C10H21N3O/c1-11-10(14)6-5-7-12-13-8-3-2-4-9-13/h12H,2-9H2,1H3,(H,11,14). The van der Waals surface area contributed by atoms with Crippen LogP contribution in [0, 0.1) is 0 Å². The van der Waals surface area contributed by atoms with E-state index < -0.39 is 0 Å². The van der Waals surface area contributed by atoms with Gasteiger partial charge in [-0.2, -0.15) is 0 Å². The fourth-order valence-corrected chi connectivity index (χ4v) is 1.66. The molecule has 1 heterocycles. The highest BCUT2D eigenvalue weighted by molar-refractivity contribution is 5.75. The molecule has 0 aromatic rings. The smallest absolute Gasteiger partial charge is 0.219 e. The van der Waals surface area contributed by atoms with E-state index in [0.29, 0.717) is 6.42 Å². The van der Waals surface area contributed by atoms with Crippen molar-refractivity contribution in [2.75, 3.05) is 26.7 Å². The lowest BCUT2D eigenvalue weighted by atomic mass is 10.2. The maximum Gasteiger partial charge on any atom is 0.219 e. The van der Waals surface area contributed by atoms with Gasteiger partial charge in [0.25, 0.3) is 0 Å². The van der Waals surface area contributed by atoms with Gasteiger partial charge in [0.1, 0.15) is 0 Å². The van der Waals surface area contributed by atoms with Gasteiger partial charge in [0.2, 0.25) is 5.91 Å². The average Bonchev–Trinajstić information content (AvgIpc) is 2.25. The van der Waals surface area contributed by atoms with Gasteiger partial charge in [-0.1, -0.05) is 6.42 Å². The van der Waals surface area contributed by atoms with Crippen LogP contribution in [0.4, 0.5) is 0 Å². The Morgan fingerprint density at radius 1 is 1.29 bits per heavy atom. The van der Waals surface area contributed by atoms with Gasteiger partial charge in [-0.05, 0) is 19.3 Å². The Morgan fingerprint density at radius 3 is 2.64 bits per heavy atom. The number of amides is 1. The number of carbonyl (C=O) groups excluding carboxylic acids is 1. The van der Waals surface area contributed by atoms with Crippen molar-refractivity contribution in [1.82, 2.24) is 15.8 Å². The van der Waals surface area contributed by atoms with E-state index in [-0.39, 0.29) is 5.91 Å². The Bertz CT molecular complexity index is 167. The van der Waals surface area contributed by atoms with Crippen molar-refractivity contribution in [3.05, 3.63) is 0 Å². The Morgan fingerprint density at radius 2 is 2.00 bits per heavy atom. The number of rotatable bonds is 5. The quantitative estimate of drug-likeness (QED) is 0.634. The predicted molar refractivity (Wildman–Crippen MR) is 56.7 cm³/mol. The summed E-state index contributed by atoms with van der Waals surface area (Å²) < 4.78 is 0. The van der Waals surface area contributed by atoms with Crippen molar-refractivity contribution in [2.45, 2.75) is 32.1 Å². The summed E-state index contributed by atoms with van der Waals surface area (Å²) >= 11 is 0. The van der Waals surface area contributed by atoms with Gasteiger partial charge in [-0.25, -0.2) is 5.01 Å². The Hall–Kier alpha value is -0.610. The van der Waals surface area contributed by atoms with Crippen molar-refractivity contribution in [2.24, 2.45) is 0 Å². The zero-order valence-electron chi connectivity index (χ0n) is 9.01. The van der Waals surface area contributed by atoms with Gasteiger partial charge < -0.3 is 5.32 Å². The average molecular weight is 199 g/mol. The van der Waals surface area contributed by atoms with Crippen LogP contribution in [0.2, 0.25) is 0 Å². The number of piperidine rings is 1. The Labute approximate surface area is 86.0 Å². The molecule has 0 aliphatic carbocycles. The van der Waals surface area contributed by atoms with Crippen LogP contribution >= 0.6 is 0 Å². The molecule has 4 heteroatoms. The molecule has 0 aromatic carbocycles. The highest BCUT2D eigenvalue weighted by atomic mass is 16.1. The van der Waals surface area contributed by atoms with E-state index in [1.807, 2.05) is 0 Å². The van der Waals surface area contributed by atoms with Crippen molar-refractivity contribution in [3.8, 4) is 0 Å². The molecule has 1 saturated heterocycles. The number of hydrogen-bond acceptors (Lipinski definition) is 3. The number of nitrogens with one attached hydrogen (secondary N) is 2. The lowest BCUT2D eigenvalue weighted by Crippen LogP contribution is -2.42. The minimum Gasteiger partial charge on any atom is -0.359 e. The van der Waals surface area contributed by atoms with Gasteiger partial charge in [0.15, 0.2) is 0 Å². The zero-order valence-corrected chi connectivity index (χ0v) is 9.01. The number of nitrogens with zero attached hydrogens (tertiary/aromatic N) is 1. The molecule has 0 unspecified atom stereocenters. The van der Waals surface area contributed by atoms with Gasteiger partial charge in [0, 0.05) is 33.1 Å². The van der Waals surface area contributed by atoms with Crippen LogP contribution in [0.3, 0.4) is 0 Å². The molecule has 1 aliphatic rings. The SMILES string of the molecule is CNC(=O)CCCNN1CCCCC1. The summed E-state index contributed by atoms with van der Waals surface area (Å²) in [6.45, 7) is 3.22. The van der Waals surface area contributed by atoms with Crippen LogP contribution in [-0.2, 0) is 4.79 Å². The Kier molecular flexibility index (Phi) is 5.56. The first-order chi connectivity index (χ1) is 6.83. The van der Waals surface area contributed by atoms with Crippen molar-refractivity contribution in [3.63, 3.8) is 0 Å². The van der Waals surface area contributed by atoms with E-state index in [1.54, 1.807) is 7.05 Å². The molecule has 1 fully saturated rings. The number of hydrogen-bond donors (Lipinski definition) is 2. The zero-order chi connectivity index (χ0) is 10.2. The molecule has 0 bridgehead atoms. The molecule has 0 atom stereocenters. The van der Waals surface area contributed by atoms with Crippen LogP contribution in [-0.4, -0.2) is 37.6 Å². The third kappa shape index (κ3) is 4.58. The molecule has 2 N–H and O–H groups in total. The van der Waals surface area contributed by atoms with E-state index >= 15 is 0 Å².